The van der Waals surface area contributed by atoms with Crippen molar-refractivity contribution in [1.82, 2.24) is 25.3 Å². The van der Waals surface area contributed by atoms with Crippen LogP contribution in [0, 0.1) is 5.41 Å². The number of likely N-dealkylation sites (N-methyl/N-ethyl adjacent to an activating group) is 1. The van der Waals surface area contributed by atoms with Gasteiger partial charge < -0.3 is 20.4 Å². The van der Waals surface area contributed by atoms with Crippen LogP contribution in [0.1, 0.15) is 39.5 Å². The van der Waals surface area contributed by atoms with E-state index in [9.17, 15) is 4.79 Å². The minimum Gasteiger partial charge on any atom is -0.355 e. The lowest BCUT2D eigenvalue weighted by atomic mass is 9.84. The molecule has 7 heteroatoms. The van der Waals surface area contributed by atoms with Gasteiger partial charge in [0.05, 0.1) is 5.41 Å². The summed E-state index contributed by atoms with van der Waals surface area (Å²) in [7, 11) is 5.51. The molecule has 2 rings (SSSR count). The van der Waals surface area contributed by atoms with E-state index in [4.69, 9.17) is 0 Å². The highest BCUT2D eigenvalue weighted by Gasteiger charge is 2.42. The Balaban J connectivity index is 1.81. The maximum Gasteiger partial charge on any atom is 0.230 e. The molecule has 1 aliphatic heterocycles. The van der Waals surface area contributed by atoms with Crippen molar-refractivity contribution in [2.75, 3.05) is 67.0 Å². The van der Waals surface area contributed by atoms with Gasteiger partial charge in [-0.25, -0.2) is 0 Å². The lowest BCUT2D eigenvalue weighted by Crippen LogP contribution is -2.54. The van der Waals surface area contributed by atoms with Gasteiger partial charge in [-0.15, -0.1) is 0 Å². The second-order valence-corrected chi connectivity index (χ2v) is 8.31. The summed E-state index contributed by atoms with van der Waals surface area (Å²) in [6, 6.07) is 0.464. The SMILES string of the molecule is CCN1CCN(C(C)CNC(=NC)NCC2(C(=O)N(C)C)CCCC2)CC1. The maximum atomic E-state index is 12.7. The highest BCUT2D eigenvalue weighted by Crippen LogP contribution is 2.38. The predicted molar refractivity (Wildman–Crippen MR) is 112 cm³/mol. The molecule has 1 heterocycles. The smallest absolute Gasteiger partial charge is 0.230 e. The summed E-state index contributed by atoms with van der Waals surface area (Å²) in [4.78, 5) is 23.9. The number of piperazine rings is 1. The fraction of sp³-hybridized carbons (Fsp3) is 0.900. The number of rotatable bonds is 7. The zero-order valence-electron chi connectivity index (χ0n) is 18.1. The van der Waals surface area contributed by atoms with Crippen LogP contribution in [0.4, 0.5) is 0 Å². The normalized spacial score (nSPS) is 22.5. The van der Waals surface area contributed by atoms with Crippen LogP contribution in [-0.2, 0) is 4.79 Å². The van der Waals surface area contributed by atoms with Crippen LogP contribution in [0.25, 0.3) is 0 Å². The summed E-state index contributed by atoms with van der Waals surface area (Å²) in [5, 5.41) is 6.89. The van der Waals surface area contributed by atoms with Crippen LogP contribution >= 0.6 is 0 Å². The number of hydrogen-bond donors (Lipinski definition) is 2. The van der Waals surface area contributed by atoms with Crippen molar-refractivity contribution in [3.8, 4) is 0 Å². The average Bonchev–Trinajstić information content (AvgIpc) is 3.17. The monoisotopic (exact) mass is 380 g/mol. The first-order chi connectivity index (χ1) is 12.9. The third-order valence-corrected chi connectivity index (χ3v) is 6.28. The van der Waals surface area contributed by atoms with E-state index in [-0.39, 0.29) is 11.3 Å². The van der Waals surface area contributed by atoms with Crippen molar-refractivity contribution >= 4 is 11.9 Å². The lowest BCUT2D eigenvalue weighted by molar-refractivity contribution is -0.138. The zero-order valence-corrected chi connectivity index (χ0v) is 18.1. The number of carbonyl (C=O) groups is 1. The molecule has 0 aromatic heterocycles. The number of hydrogen-bond acceptors (Lipinski definition) is 4. The molecule has 0 aromatic carbocycles. The summed E-state index contributed by atoms with van der Waals surface area (Å²) in [6.45, 7) is 11.7. The molecule has 2 N–H and O–H groups in total. The summed E-state index contributed by atoms with van der Waals surface area (Å²) in [5.41, 5.74) is -0.275. The molecule has 27 heavy (non-hydrogen) atoms. The molecule has 0 aromatic rings. The van der Waals surface area contributed by atoms with E-state index in [2.05, 4.69) is 39.3 Å². The van der Waals surface area contributed by atoms with Crippen LogP contribution in [0.3, 0.4) is 0 Å². The molecular formula is C20H40N6O. The Bertz CT molecular complexity index is 493. The van der Waals surface area contributed by atoms with E-state index in [1.165, 1.54) is 0 Å². The molecule has 1 saturated heterocycles. The van der Waals surface area contributed by atoms with Crippen molar-refractivity contribution in [2.45, 2.75) is 45.6 Å². The molecule has 2 aliphatic rings. The Morgan fingerprint density at radius 3 is 2.30 bits per heavy atom. The number of aliphatic imine (C=N–C) groups is 1. The first-order valence-corrected chi connectivity index (χ1v) is 10.5. The van der Waals surface area contributed by atoms with Gasteiger partial charge in [0.25, 0.3) is 0 Å². The third kappa shape index (κ3) is 5.82. The molecule has 1 saturated carbocycles. The van der Waals surface area contributed by atoms with Crippen molar-refractivity contribution in [3.63, 3.8) is 0 Å². The van der Waals surface area contributed by atoms with Crippen LogP contribution in [0.5, 0.6) is 0 Å². The van der Waals surface area contributed by atoms with Gasteiger partial charge in [0.1, 0.15) is 0 Å². The molecule has 156 valence electrons. The standard InChI is InChI=1S/C20H40N6O/c1-6-25-11-13-26(14-12-25)17(2)15-22-19(21-3)23-16-20(9-7-8-10-20)18(27)24(4)5/h17H,6-16H2,1-5H3,(H2,21,22,23). The molecule has 2 fully saturated rings. The van der Waals surface area contributed by atoms with Gasteiger partial charge in [0.2, 0.25) is 5.91 Å². The highest BCUT2D eigenvalue weighted by atomic mass is 16.2. The second-order valence-electron chi connectivity index (χ2n) is 8.31. The molecular weight excluding hydrogens is 340 g/mol. The second kappa shape index (κ2) is 10.3. The Kier molecular flexibility index (Phi) is 8.35. The molecule has 1 atom stereocenters. The van der Waals surface area contributed by atoms with Crippen molar-refractivity contribution in [1.29, 1.82) is 0 Å². The van der Waals surface area contributed by atoms with Crippen molar-refractivity contribution in [2.24, 2.45) is 10.4 Å². The molecule has 1 aliphatic carbocycles. The Morgan fingerprint density at radius 1 is 1.15 bits per heavy atom. The van der Waals surface area contributed by atoms with Gasteiger partial charge in [-0.1, -0.05) is 19.8 Å². The van der Waals surface area contributed by atoms with Gasteiger partial charge in [0.15, 0.2) is 5.96 Å². The van der Waals surface area contributed by atoms with E-state index in [1.807, 2.05) is 14.1 Å². The number of guanidine groups is 1. The van der Waals surface area contributed by atoms with Crippen LogP contribution in [-0.4, -0.2) is 99.6 Å². The third-order valence-electron chi connectivity index (χ3n) is 6.28. The molecule has 0 spiro atoms. The van der Waals surface area contributed by atoms with E-state index < -0.39 is 0 Å². The maximum absolute atomic E-state index is 12.7. The summed E-state index contributed by atoms with van der Waals surface area (Å²) >= 11 is 0. The minimum absolute atomic E-state index is 0.241. The van der Waals surface area contributed by atoms with E-state index in [0.29, 0.717) is 12.6 Å². The topological polar surface area (TPSA) is 63.2 Å². The number of amides is 1. The highest BCUT2D eigenvalue weighted by molar-refractivity contribution is 5.85. The first-order valence-electron chi connectivity index (χ1n) is 10.5. The van der Waals surface area contributed by atoms with Crippen molar-refractivity contribution in [3.05, 3.63) is 0 Å². The van der Waals surface area contributed by atoms with E-state index in [1.54, 1.807) is 11.9 Å². The average molecular weight is 381 g/mol. The van der Waals surface area contributed by atoms with E-state index in [0.717, 1.165) is 70.9 Å². The van der Waals surface area contributed by atoms with E-state index >= 15 is 0 Å². The lowest BCUT2D eigenvalue weighted by Gasteiger charge is -2.38. The molecule has 0 bridgehead atoms. The van der Waals surface area contributed by atoms with Gasteiger partial charge >= 0.3 is 0 Å². The summed E-state index contributed by atoms with van der Waals surface area (Å²) < 4.78 is 0. The number of carbonyl (C=O) groups excluding carboxylic acids is 1. The molecule has 7 nitrogen and oxygen atoms in total. The van der Waals surface area contributed by atoms with Crippen LogP contribution < -0.4 is 10.6 Å². The van der Waals surface area contributed by atoms with Gasteiger partial charge in [0, 0.05) is 66.5 Å². The van der Waals surface area contributed by atoms with Gasteiger partial charge in [-0.3, -0.25) is 14.7 Å². The largest absolute Gasteiger partial charge is 0.355 e. The molecule has 1 amide bonds. The van der Waals surface area contributed by atoms with Gasteiger partial charge in [-0.05, 0) is 26.3 Å². The number of nitrogens with zero attached hydrogens (tertiary/aromatic N) is 4. The molecule has 0 radical (unpaired) electrons. The van der Waals surface area contributed by atoms with Crippen molar-refractivity contribution < 1.29 is 4.79 Å². The van der Waals surface area contributed by atoms with Crippen LogP contribution in [0.2, 0.25) is 0 Å². The summed E-state index contributed by atoms with van der Waals surface area (Å²) in [5.74, 6) is 1.04. The first kappa shape index (κ1) is 22.0. The minimum atomic E-state index is -0.275. The van der Waals surface area contributed by atoms with Crippen LogP contribution in [0.15, 0.2) is 4.99 Å². The summed E-state index contributed by atoms with van der Waals surface area (Å²) in [6.07, 6.45) is 4.19. The Labute approximate surface area is 165 Å². The quantitative estimate of drug-likeness (QED) is 0.506. The number of nitrogens with one attached hydrogen (secondary N) is 2. The Morgan fingerprint density at radius 2 is 1.78 bits per heavy atom. The zero-order chi connectivity index (χ0) is 19.9. The fourth-order valence-corrected chi connectivity index (χ4v) is 4.36. The van der Waals surface area contributed by atoms with Gasteiger partial charge in [-0.2, -0.15) is 0 Å². The Hall–Kier alpha value is -1.34. The predicted octanol–water partition coefficient (Wildman–Crippen LogP) is 0.826. The fourth-order valence-electron chi connectivity index (χ4n) is 4.36. The molecule has 1 unspecified atom stereocenters.